The third-order valence-corrected chi connectivity index (χ3v) is 6.59. The van der Waals surface area contributed by atoms with Gasteiger partial charge in [0.05, 0.1) is 18.1 Å². The molecule has 2 aromatic rings. The first-order valence-corrected chi connectivity index (χ1v) is 12.0. The van der Waals surface area contributed by atoms with Gasteiger partial charge in [-0.2, -0.15) is 0 Å². The van der Waals surface area contributed by atoms with Gasteiger partial charge in [-0.25, -0.2) is 13.2 Å². The number of nitrogens with one attached hydrogen (secondary N) is 1. The number of ether oxygens (including phenoxy) is 1. The number of rotatable bonds is 7. The molecule has 0 radical (unpaired) electrons. The molecule has 31 heavy (non-hydrogen) atoms. The molecule has 1 N–H and O–H groups in total. The lowest BCUT2D eigenvalue weighted by atomic mass is 10.0. The van der Waals surface area contributed by atoms with Crippen LogP contribution in [0, 0.1) is 0 Å². The Hall–Kier alpha value is -2.97. The lowest BCUT2D eigenvalue weighted by Gasteiger charge is -2.33. The van der Waals surface area contributed by atoms with E-state index in [1.165, 1.54) is 6.08 Å². The first-order valence-electron chi connectivity index (χ1n) is 10.1. The molecule has 164 valence electrons. The maximum Gasteiger partial charge on any atom is 0.330 e. The summed E-state index contributed by atoms with van der Waals surface area (Å²) in [6.45, 7) is 2.69. The van der Waals surface area contributed by atoms with Crippen LogP contribution in [0.1, 0.15) is 24.1 Å². The molecule has 1 heterocycles. The van der Waals surface area contributed by atoms with Gasteiger partial charge in [0.25, 0.3) is 0 Å². The lowest BCUT2D eigenvalue weighted by molar-refractivity contribution is -0.137. The van der Waals surface area contributed by atoms with Crippen molar-refractivity contribution in [2.24, 2.45) is 0 Å². The van der Waals surface area contributed by atoms with E-state index in [0.29, 0.717) is 25.4 Å². The molecule has 8 heteroatoms. The first kappa shape index (κ1) is 22.7. The second-order valence-corrected chi connectivity index (χ2v) is 9.50. The minimum atomic E-state index is -3.05. The van der Waals surface area contributed by atoms with Gasteiger partial charge in [-0.15, -0.1) is 0 Å². The van der Waals surface area contributed by atoms with E-state index in [2.05, 4.69) is 5.32 Å². The van der Waals surface area contributed by atoms with Crippen LogP contribution in [0.2, 0.25) is 0 Å². The monoisotopic (exact) mass is 442 g/mol. The summed E-state index contributed by atoms with van der Waals surface area (Å²) >= 11 is 0. The van der Waals surface area contributed by atoms with Crippen LogP contribution in [0.15, 0.2) is 60.7 Å². The fraction of sp³-hybridized carbons (Fsp3) is 0.304. The van der Waals surface area contributed by atoms with E-state index < -0.39 is 21.8 Å². The molecule has 1 aliphatic rings. The standard InChI is InChI=1S/C23H26N2O5S/c1-2-30-21(26)13-10-18-8-11-20(12-9-18)24-23(27)22(19-6-4-3-5-7-19)25-14-16-31(28,29)17-15-25/h3-13,22H,2,14-17H2,1H3,(H,24,27)/b13-10+. The van der Waals surface area contributed by atoms with Gasteiger partial charge in [-0.1, -0.05) is 42.5 Å². The van der Waals surface area contributed by atoms with E-state index in [-0.39, 0.29) is 17.4 Å². The number of anilines is 1. The number of carbonyl (C=O) groups is 2. The molecule has 1 fully saturated rings. The molecule has 2 aromatic carbocycles. The van der Waals surface area contributed by atoms with Crippen molar-refractivity contribution >= 4 is 33.5 Å². The molecule has 1 amide bonds. The van der Waals surface area contributed by atoms with Crippen molar-refractivity contribution in [1.82, 2.24) is 4.90 Å². The maximum absolute atomic E-state index is 13.2. The van der Waals surface area contributed by atoms with E-state index in [9.17, 15) is 18.0 Å². The average molecular weight is 443 g/mol. The second kappa shape index (κ2) is 10.4. The number of esters is 1. The van der Waals surface area contributed by atoms with Crippen molar-refractivity contribution in [2.45, 2.75) is 13.0 Å². The average Bonchev–Trinajstić information content (AvgIpc) is 2.75. The molecule has 0 bridgehead atoms. The van der Waals surface area contributed by atoms with Crippen LogP contribution in [-0.2, 0) is 24.2 Å². The van der Waals surface area contributed by atoms with Crippen molar-refractivity contribution in [3.63, 3.8) is 0 Å². The molecule has 0 aromatic heterocycles. The molecule has 1 unspecified atom stereocenters. The van der Waals surface area contributed by atoms with Gasteiger partial charge in [-0.3, -0.25) is 9.69 Å². The van der Waals surface area contributed by atoms with Crippen LogP contribution in [0.4, 0.5) is 5.69 Å². The molecule has 0 aliphatic carbocycles. The Morgan fingerprint density at radius 3 is 2.32 bits per heavy atom. The molecular formula is C23H26N2O5S. The third-order valence-electron chi connectivity index (χ3n) is 4.98. The minimum Gasteiger partial charge on any atom is -0.463 e. The molecule has 0 spiro atoms. The summed E-state index contributed by atoms with van der Waals surface area (Å²) in [4.78, 5) is 26.5. The number of sulfone groups is 1. The summed E-state index contributed by atoms with van der Waals surface area (Å²) in [5, 5.41) is 2.93. The maximum atomic E-state index is 13.2. The molecule has 1 aliphatic heterocycles. The largest absolute Gasteiger partial charge is 0.463 e. The summed E-state index contributed by atoms with van der Waals surface area (Å²) in [7, 11) is -3.05. The third kappa shape index (κ3) is 6.50. The SMILES string of the molecule is CCOC(=O)/C=C/c1ccc(NC(=O)C(c2ccccc2)N2CCS(=O)(=O)CC2)cc1. The Morgan fingerprint density at radius 1 is 1.06 bits per heavy atom. The Balaban J connectivity index is 1.72. The van der Waals surface area contributed by atoms with Crippen molar-refractivity contribution in [3.05, 3.63) is 71.8 Å². The summed E-state index contributed by atoms with van der Waals surface area (Å²) < 4.78 is 28.5. The highest BCUT2D eigenvalue weighted by atomic mass is 32.2. The predicted molar refractivity (Wildman–Crippen MR) is 120 cm³/mol. The van der Waals surface area contributed by atoms with Gasteiger partial charge in [0.15, 0.2) is 9.84 Å². The smallest absolute Gasteiger partial charge is 0.330 e. The minimum absolute atomic E-state index is 0.0467. The van der Waals surface area contributed by atoms with Gasteiger partial charge in [0.2, 0.25) is 5.91 Å². The summed E-state index contributed by atoms with van der Waals surface area (Å²) in [6.07, 6.45) is 3.00. The Bertz CT molecular complexity index is 1020. The highest BCUT2D eigenvalue weighted by Crippen LogP contribution is 2.25. The van der Waals surface area contributed by atoms with Gasteiger partial charge >= 0.3 is 5.97 Å². The quantitative estimate of drug-likeness (QED) is 0.524. The zero-order valence-corrected chi connectivity index (χ0v) is 18.2. The van der Waals surface area contributed by atoms with Crippen LogP contribution in [0.5, 0.6) is 0 Å². The second-order valence-electron chi connectivity index (χ2n) is 7.20. The predicted octanol–water partition coefficient (Wildman–Crippen LogP) is 2.67. The summed E-state index contributed by atoms with van der Waals surface area (Å²) in [5.41, 5.74) is 2.23. The van der Waals surface area contributed by atoms with Crippen LogP contribution in [0.3, 0.4) is 0 Å². The van der Waals surface area contributed by atoms with Gasteiger partial charge in [0.1, 0.15) is 6.04 Å². The summed E-state index contributed by atoms with van der Waals surface area (Å²) in [6, 6.07) is 15.8. The van der Waals surface area contributed by atoms with Gasteiger partial charge in [-0.05, 0) is 36.3 Å². The molecule has 3 rings (SSSR count). The molecular weight excluding hydrogens is 416 g/mol. The zero-order chi connectivity index (χ0) is 22.3. The molecule has 7 nitrogen and oxygen atoms in total. The summed E-state index contributed by atoms with van der Waals surface area (Å²) in [5.74, 6) is -0.537. The van der Waals surface area contributed by atoms with Gasteiger partial charge < -0.3 is 10.1 Å². The van der Waals surface area contributed by atoms with E-state index in [0.717, 1.165) is 11.1 Å². The van der Waals surface area contributed by atoms with Crippen LogP contribution < -0.4 is 5.32 Å². The van der Waals surface area contributed by atoms with Crippen LogP contribution >= 0.6 is 0 Å². The Labute approximate surface area is 182 Å². The van der Waals surface area contributed by atoms with E-state index in [1.54, 1.807) is 37.3 Å². The van der Waals surface area contributed by atoms with E-state index >= 15 is 0 Å². The fourth-order valence-corrected chi connectivity index (χ4v) is 4.62. The van der Waals surface area contributed by atoms with Gasteiger partial charge in [0, 0.05) is 24.9 Å². The van der Waals surface area contributed by atoms with Crippen molar-refractivity contribution in [1.29, 1.82) is 0 Å². The molecule has 0 saturated carbocycles. The molecule has 1 saturated heterocycles. The Kier molecular flexibility index (Phi) is 7.59. The van der Waals surface area contributed by atoms with E-state index in [1.807, 2.05) is 35.2 Å². The highest BCUT2D eigenvalue weighted by Gasteiger charge is 2.32. The normalized spacial score (nSPS) is 17.2. The first-order chi connectivity index (χ1) is 14.9. The number of benzene rings is 2. The topological polar surface area (TPSA) is 92.8 Å². The lowest BCUT2D eigenvalue weighted by Crippen LogP contribution is -2.46. The number of carbonyl (C=O) groups excluding carboxylic acids is 2. The van der Waals surface area contributed by atoms with E-state index in [4.69, 9.17) is 4.74 Å². The van der Waals surface area contributed by atoms with Crippen molar-refractivity contribution in [2.75, 3.05) is 36.5 Å². The zero-order valence-electron chi connectivity index (χ0n) is 17.4. The Morgan fingerprint density at radius 2 is 1.71 bits per heavy atom. The van der Waals surface area contributed by atoms with Crippen molar-refractivity contribution in [3.8, 4) is 0 Å². The number of nitrogens with zero attached hydrogens (tertiary/aromatic N) is 1. The van der Waals surface area contributed by atoms with Crippen LogP contribution in [0.25, 0.3) is 6.08 Å². The highest BCUT2D eigenvalue weighted by molar-refractivity contribution is 7.91. The van der Waals surface area contributed by atoms with Crippen LogP contribution in [-0.4, -0.2) is 56.4 Å². The number of hydrogen-bond donors (Lipinski definition) is 1. The molecule has 1 atom stereocenters. The number of hydrogen-bond acceptors (Lipinski definition) is 6. The fourth-order valence-electron chi connectivity index (χ4n) is 3.39. The number of amides is 1. The van der Waals surface area contributed by atoms with Crippen molar-refractivity contribution < 1.29 is 22.7 Å².